The number of aromatic hydroxyl groups is 2. The average molecular weight is 248 g/mol. The van der Waals surface area contributed by atoms with Gasteiger partial charge in [0.25, 0.3) is 0 Å². The maximum Gasteiger partial charge on any atom is 0.211 e. The first-order chi connectivity index (χ1) is 8.58. The van der Waals surface area contributed by atoms with Gasteiger partial charge in [0.15, 0.2) is 11.5 Å². The number of aromatic nitrogens is 1. The first-order valence-corrected chi connectivity index (χ1v) is 5.73. The minimum Gasteiger partial charge on any atom is -0.504 e. The van der Waals surface area contributed by atoms with Crippen LogP contribution in [0.15, 0.2) is 28.8 Å². The number of oxazole rings is 1. The highest BCUT2D eigenvalue weighted by Gasteiger charge is 2.12. The van der Waals surface area contributed by atoms with Crippen LogP contribution in [-0.4, -0.2) is 15.2 Å². The number of hydrogen-bond donors (Lipinski definition) is 3. The van der Waals surface area contributed by atoms with Gasteiger partial charge in [-0.1, -0.05) is 12.1 Å². The van der Waals surface area contributed by atoms with Gasteiger partial charge in [-0.2, -0.15) is 0 Å². The Labute approximate surface area is 105 Å². The molecule has 5 nitrogen and oxygen atoms in total. The molecular formula is C13H16N2O3. The van der Waals surface area contributed by atoms with Crippen LogP contribution in [0.1, 0.15) is 30.2 Å². The zero-order valence-electron chi connectivity index (χ0n) is 10.3. The van der Waals surface area contributed by atoms with Crippen molar-refractivity contribution in [2.45, 2.75) is 26.4 Å². The number of aryl methyl sites for hydroxylation is 1. The lowest BCUT2D eigenvalue weighted by atomic mass is 10.1. The van der Waals surface area contributed by atoms with E-state index in [0.717, 1.165) is 5.76 Å². The lowest BCUT2D eigenvalue weighted by Gasteiger charge is -2.11. The van der Waals surface area contributed by atoms with E-state index < -0.39 is 0 Å². The summed E-state index contributed by atoms with van der Waals surface area (Å²) in [5.74, 6) is 1.15. The molecule has 0 radical (unpaired) electrons. The van der Waals surface area contributed by atoms with Crippen molar-refractivity contribution in [2.24, 2.45) is 0 Å². The average Bonchev–Trinajstić information content (AvgIpc) is 2.77. The summed E-state index contributed by atoms with van der Waals surface area (Å²) in [6.45, 7) is 4.18. The predicted molar refractivity (Wildman–Crippen MR) is 66.3 cm³/mol. The lowest BCUT2D eigenvalue weighted by Crippen LogP contribution is -2.18. The van der Waals surface area contributed by atoms with Gasteiger partial charge in [-0.15, -0.1) is 0 Å². The zero-order chi connectivity index (χ0) is 13.1. The predicted octanol–water partition coefficient (Wildman–Crippen LogP) is 2.25. The number of nitrogens with one attached hydrogen (secondary N) is 1. The van der Waals surface area contributed by atoms with E-state index in [1.54, 1.807) is 18.3 Å². The molecule has 0 saturated carbocycles. The fourth-order valence-electron chi connectivity index (χ4n) is 1.64. The molecule has 0 spiro atoms. The Hall–Kier alpha value is -2.01. The molecule has 0 saturated heterocycles. The fraction of sp³-hybridized carbons (Fsp3) is 0.308. The van der Waals surface area contributed by atoms with Gasteiger partial charge in [0.1, 0.15) is 5.76 Å². The third-order valence-corrected chi connectivity index (χ3v) is 2.71. The highest BCUT2D eigenvalue weighted by atomic mass is 16.4. The van der Waals surface area contributed by atoms with Gasteiger partial charge in [-0.3, -0.25) is 0 Å². The molecule has 1 unspecified atom stereocenters. The minimum absolute atomic E-state index is 0.0690. The molecule has 1 heterocycles. The molecule has 0 aliphatic rings. The second-order valence-corrected chi connectivity index (χ2v) is 4.20. The molecular weight excluding hydrogens is 232 g/mol. The van der Waals surface area contributed by atoms with E-state index in [4.69, 9.17) is 4.42 Å². The van der Waals surface area contributed by atoms with Crippen LogP contribution < -0.4 is 5.32 Å². The molecule has 1 aromatic carbocycles. The second kappa shape index (κ2) is 5.10. The van der Waals surface area contributed by atoms with Crippen LogP contribution in [0.5, 0.6) is 11.5 Å². The van der Waals surface area contributed by atoms with Crippen molar-refractivity contribution >= 4 is 0 Å². The van der Waals surface area contributed by atoms with Crippen molar-refractivity contribution in [3.05, 3.63) is 41.6 Å². The molecule has 1 atom stereocenters. The highest BCUT2D eigenvalue weighted by Crippen LogP contribution is 2.28. The van der Waals surface area contributed by atoms with Gasteiger partial charge < -0.3 is 19.9 Å². The van der Waals surface area contributed by atoms with E-state index >= 15 is 0 Å². The van der Waals surface area contributed by atoms with E-state index in [1.807, 2.05) is 13.8 Å². The van der Waals surface area contributed by atoms with Gasteiger partial charge in [-0.05, 0) is 19.9 Å². The van der Waals surface area contributed by atoms with Crippen LogP contribution in [-0.2, 0) is 6.54 Å². The molecule has 1 aromatic heterocycles. The Morgan fingerprint density at radius 3 is 2.83 bits per heavy atom. The van der Waals surface area contributed by atoms with E-state index in [2.05, 4.69) is 10.3 Å². The molecule has 5 heteroatoms. The van der Waals surface area contributed by atoms with Gasteiger partial charge in [-0.25, -0.2) is 4.98 Å². The largest absolute Gasteiger partial charge is 0.504 e. The third-order valence-electron chi connectivity index (χ3n) is 2.71. The normalized spacial score (nSPS) is 12.6. The monoisotopic (exact) mass is 248 g/mol. The Kier molecular flexibility index (Phi) is 3.53. The minimum atomic E-state index is -0.117. The molecule has 18 heavy (non-hydrogen) atoms. The standard InChI is InChI=1S/C13H16N2O3/c1-8-6-15-13(18-8)9(2)14-7-10-4-3-5-11(16)12(10)17/h3-6,9,14,16-17H,7H2,1-2H3. The summed E-state index contributed by atoms with van der Waals surface area (Å²) in [6.07, 6.45) is 1.67. The Balaban J connectivity index is 2.01. The van der Waals surface area contributed by atoms with Crippen LogP contribution in [0.3, 0.4) is 0 Å². The van der Waals surface area contributed by atoms with Gasteiger partial charge in [0, 0.05) is 12.1 Å². The molecule has 0 bridgehead atoms. The molecule has 0 amide bonds. The number of phenolic OH excluding ortho intramolecular Hbond substituents is 2. The quantitative estimate of drug-likeness (QED) is 0.723. The van der Waals surface area contributed by atoms with Crippen molar-refractivity contribution < 1.29 is 14.6 Å². The smallest absolute Gasteiger partial charge is 0.211 e. The highest BCUT2D eigenvalue weighted by molar-refractivity contribution is 5.44. The van der Waals surface area contributed by atoms with E-state index in [0.29, 0.717) is 18.0 Å². The Morgan fingerprint density at radius 1 is 1.39 bits per heavy atom. The van der Waals surface area contributed by atoms with Crippen molar-refractivity contribution in [3.63, 3.8) is 0 Å². The van der Waals surface area contributed by atoms with Crippen molar-refractivity contribution in [1.82, 2.24) is 10.3 Å². The second-order valence-electron chi connectivity index (χ2n) is 4.20. The number of phenols is 2. The summed E-state index contributed by atoms with van der Waals surface area (Å²) in [5, 5.41) is 22.2. The lowest BCUT2D eigenvalue weighted by molar-refractivity contribution is 0.385. The number of rotatable bonds is 4. The van der Waals surface area contributed by atoms with E-state index in [1.165, 1.54) is 6.07 Å². The van der Waals surface area contributed by atoms with Gasteiger partial charge in [0.2, 0.25) is 5.89 Å². The molecule has 2 rings (SSSR count). The fourth-order valence-corrected chi connectivity index (χ4v) is 1.64. The van der Waals surface area contributed by atoms with E-state index in [9.17, 15) is 10.2 Å². The number of para-hydroxylation sites is 1. The summed E-state index contributed by atoms with van der Waals surface area (Å²) >= 11 is 0. The SMILES string of the molecule is Cc1cnc(C(C)NCc2cccc(O)c2O)o1. The Morgan fingerprint density at radius 2 is 2.17 bits per heavy atom. The van der Waals surface area contributed by atoms with Crippen LogP contribution in [0.4, 0.5) is 0 Å². The number of benzene rings is 1. The van der Waals surface area contributed by atoms with Crippen molar-refractivity contribution in [3.8, 4) is 11.5 Å². The first-order valence-electron chi connectivity index (χ1n) is 5.73. The summed E-state index contributed by atoms with van der Waals surface area (Å²) in [5.41, 5.74) is 0.630. The Bertz CT molecular complexity index is 537. The summed E-state index contributed by atoms with van der Waals surface area (Å²) in [7, 11) is 0. The van der Waals surface area contributed by atoms with Crippen LogP contribution >= 0.6 is 0 Å². The summed E-state index contributed by atoms with van der Waals surface area (Å²) < 4.78 is 5.40. The molecule has 0 aliphatic carbocycles. The van der Waals surface area contributed by atoms with Crippen molar-refractivity contribution in [1.29, 1.82) is 0 Å². The van der Waals surface area contributed by atoms with Crippen molar-refractivity contribution in [2.75, 3.05) is 0 Å². The van der Waals surface area contributed by atoms with Crippen LogP contribution in [0, 0.1) is 6.92 Å². The zero-order valence-corrected chi connectivity index (χ0v) is 10.3. The third kappa shape index (κ3) is 2.62. The molecule has 0 fully saturated rings. The van der Waals surface area contributed by atoms with Gasteiger partial charge >= 0.3 is 0 Å². The molecule has 2 aromatic rings. The molecule has 96 valence electrons. The number of hydrogen-bond acceptors (Lipinski definition) is 5. The topological polar surface area (TPSA) is 78.5 Å². The van der Waals surface area contributed by atoms with Gasteiger partial charge in [0.05, 0.1) is 12.2 Å². The maximum absolute atomic E-state index is 9.66. The number of nitrogens with zero attached hydrogens (tertiary/aromatic N) is 1. The van der Waals surface area contributed by atoms with Crippen LogP contribution in [0.2, 0.25) is 0 Å². The summed E-state index contributed by atoms with van der Waals surface area (Å²) in [4.78, 5) is 4.13. The maximum atomic E-state index is 9.66. The van der Waals surface area contributed by atoms with Crippen LogP contribution in [0.25, 0.3) is 0 Å². The first kappa shape index (κ1) is 12.4. The van der Waals surface area contributed by atoms with E-state index in [-0.39, 0.29) is 17.5 Å². The molecule has 0 aliphatic heterocycles. The molecule has 3 N–H and O–H groups in total. The summed E-state index contributed by atoms with van der Waals surface area (Å²) in [6, 6.07) is 4.81.